The zero-order chi connectivity index (χ0) is 14.8. The molecule has 1 aromatic heterocycles. The van der Waals surface area contributed by atoms with Gasteiger partial charge in [0.2, 0.25) is 5.91 Å². The zero-order valence-electron chi connectivity index (χ0n) is 12.0. The summed E-state index contributed by atoms with van der Waals surface area (Å²) in [7, 11) is 0. The Morgan fingerprint density at radius 3 is 3.05 bits per heavy atom. The Kier molecular flexibility index (Phi) is 3.60. The number of fused-ring (bicyclic) bond motifs is 1. The van der Waals surface area contributed by atoms with Gasteiger partial charge >= 0.3 is 0 Å². The van der Waals surface area contributed by atoms with Gasteiger partial charge in [-0.1, -0.05) is 22.4 Å². The van der Waals surface area contributed by atoms with Crippen LogP contribution in [0.3, 0.4) is 0 Å². The van der Waals surface area contributed by atoms with Gasteiger partial charge in [0, 0.05) is 6.42 Å². The SMILES string of the molecule is Cc1nonc1CNC(=O)Cc1ccc2c(c1)C[C@@H](C)O2. The fraction of sp³-hybridized carbons (Fsp3) is 0.400. The van der Waals surface area contributed by atoms with Crippen LogP contribution >= 0.6 is 0 Å². The maximum atomic E-state index is 12.0. The van der Waals surface area contributed by atoms with Crippen molar-refractivity contribution in [3.63, 3.8) is 0 Å². The number of hydrogen-bond donors (Lipinski definition) is 1. The molecule has 1 aromatic carbocycles. The molecule has 2 aromatic rings. The summed E-state index contributed by atoms with van der Waals surface area (Å²) < 4.78 is 10.2. The zero-order valence-corrected chi connectivity index (χ0v) is 12.0. The number of hydrogen-bond acceptors (Lipinski definition) is 5. The standard InChI is InChI=1S/C15H17N3O3/c1-9-5-12-6-11(3-4-14(12)20-9)7-15(19)16-8-13-10(2)17-21-18-13/h3-4,6,9H,5,7-8H2,1-2H3,(H,16,19)/t9-/m1/s1. The predicted molar refractivity (Wildman–Crippen MR) is 74.8 cm³/mol. The van der Waals surface area contributed by atoms with Crippen molar-refractivity contribution >= 4 is 5.91 Å². The van der Waals surface area contributed by atoms with Crippen molar-refractivity contribution < 1.29 is 14.2 Å². The average molecular weight is 287 g/mol. The lowest BCUT2D eigenvalue weighted by Gasteiger charge is -2.05. The maximum absolute atomic E-state index is 12.0. The Hall–Kier alpha value is -2.37. The molecular weight excluding hydrogens is 270 g/mol. The number of rotatable bonds is 4. The van der Waals surface area contributed by atoms with Crippen LogP contribution in [0.1, 0.15) is 29.4 Å². The molecule has 0 bridgehead atoms. The third kappa shape index (κ3) is 3.04. The van der Waals surface area contributed by atoms with E-state index in [-0.39, 0.29) is 12.0 Å². The van der Waals surface area contributed by atoms with Crippen LogP contribution in [0.4, 0.5) is 0 Å². The number of ether oxygens (including phenoxy) is 1. The molecule has 0 saturated carbocycles. The fourth-order valence-corrected chi connectivity index (χ4v) is 2.43. The van der Waals surface area contributed by atoms with Gasteiger partial charge in [-0.25, -0.2) is 4.63 Å². The molecule has 0 fully saturated rings. The fourth-order valence-electron chi connectivity index (χ4n) is 2.43. The van der Waals surface area contributed by atoms with Gasteiger partial charge in [0.1, 0.15) is 23.2 Å². The molecule has 1 aliphatic heterocycles. The normalized spacial score (nSPS) is 16.4. The minimum atomic E-state index is -0.0516. The molecule has 0 aliphatic carbocycles. The van der Waals surface area contributed by atoms with Crippen molar-refractivity contribution in [3.8, 4) is 5.75 Å². The van der Waals surface area contributed by atoms with E-state index in [0.717, 1.165) is 17.7 Å². The van der Waals surface area contributed by atoms with E-state index in [1.165, 1.54) is 5.56 Å². The molecule has 0 saturated heterocycles. The molecule has 6 nitrogen and oxygen atoms in total. The Morgan fingerprint density at radius 2 is 2.29 bits per heavy atom. The van der Waals surface area contributed by atoms with Gasteiger partial charge in [-0.2, -0.15) is 0 Å². The smallest absolute Gasteiger partial charge is 0.224 e. The van der Waals surface area contributed by atoms with Crippen LogP contribution in [0.5, 0.6) is 5.75 Å². The van der Waals surface area contributed by atoms with E-state index in [0.29, 0.717) is 24.4 Å². The van der Waals surface area contributed by atoms with Gasteiger partial charge in [0.25, 0.3) is 0 Å². The van der Waals surface area contributed by atoms with Crippen molar-refractivity contribution in [2.45, 2.75) is 39.3 Å². The van der Waals surface area contributed by atoms with E-state index in [9.17, 15) is 4.79 Å². The summed E-state index contributed by atoms with van der Waals surface area (Å²) >= 11 is 0. The molecule has 6 heteroatoms. The molecule has 1 amide bonds. The minimum Gasteiger partial charge on any atom is -0.490 e. The van der Waals surface area contributed by atoms with Gasteiger partial charge in [-0.15, -0.1) is 0 Å². The van der Waals surface area contributed by atoms with Crippen molar-refractivity contribution in [2.24, 2.45) is 0 Å². The Labute approximate surface area is 122 Å². The molecule has 2 heterocycles. The molecule has 3 rings (SSSR count). The van der Waals surface area contributed by atoms with E-state index in [4.69, 9.17) is 4.74 Å². The summed E-state index contributed by atoms with van der Waals surface area (Å²) in [5.74, 6) is 0.875. The minimum absolute atomic E-state index is 0.0516. The maximum Gasteiger partial charge on any atom is 0.224 e. The molecule has 0 radical (unpaired) electrons. The highest BCUT2D eigenvalue weighted by Gasteiger charge is 2.19. The van der Waals surface area contributed by atoms with Crippen molar-refractivity contribution in [1.29, 1.82) is 0 Å². The monoisotopic (exact) mass is 287 g/mol. The van der Waals surface area contributed by atoms with Gasteiger partial charge in [0.05, 0.1) is 13.0 Å². The van der Waals surface area contributed by atoms with Crippen LogP contribution in [-0.2, 0) is 24.2 Å². The lowest BCUT2D eigenvalue weighted by atomic mass is 10.0. The van der Waals surface area contributed by atoms with E-state index >= 15 is 0 Å². The second kappa shape index (κ2) is 5.55. The first kappa shape index (κ1) is 13.6. The summed E-state index contributed by atoms with van der Waals surface area (Å²) in [6.07, 6.45) is 1.45. The molecule has 1 aliphatic rings. The molecule has 0 unspecified atom stereocenters. The topological polar surface area (TPSA) is 77.3 Å². The van der Waals surface area contributed by atoms with E-state index in [1.54, 1.807) is 6.92 Å². The number of aromatic nitrogens is 2. The summed E-state index contributed by atoms with van der Waals surface area (Å²) in [5.41, 5.74) is 3.50. The van der Waals surface area contributed by atoms with Crippen LogP contribution in [0, 0.1) is 6.92 Å². The summed E-state index contributed by atoms with van der Waals surface area (Å²) in [4.78, 5) is 12.0. The van der Waals surface area contributed by atoms with Crippen LogP contribution in [0.25, 0.3) is 0 Å². The van der Waals surface area contributed by atoms with Gasteiger partial charge < -0.3 is 10.1 Å². The first-order valence-corrected chi connectivity index (χ1v) is 6.95. The second-order valence-electron chi connectivity index (χ2n) is 5.32. The Morgan fingerprint density at radius 1 is 1.43 bits per heavy atom. The van der Waals surface area contributed by atoms with Crippen molar-refractivity contribution in [3.05, 3.63) is 40.7 Å². The van der Waals surface area contributed by atoms with Crippen molar-refractivity contribution in [1.82, 2.24) is 15.6 Å². The van der Waals surface area contributed by atoms with Crippen molar-refractivity contribution in [2.75, 3.05) is 0 Å². The quantitative estimate of drug-likeness (QED) is 0.923. The number of carbonyl (C=O) groups excluding carboxylic acids is 1. The third-order valence-corrected chi connectivity index (χ3v) is 3.52. The number of amides is 1. The second-order valence-corrected chi connectivity index (χ2v) is 5.32. The Balaban J connectivity index is 1.58. The molecule has 1 atom stereocenters. The Bertz CT molecular complexity index is 666. The number of nitrogens with zero attached hydrogens (tertiary/aromatic N) is 2. The van der Waals surface area contributed by atoms with Gasteiger partial charge in [0.15, 0.2) is 0 Å². The summed E-state index contributed by atoms with van der Waals surface area (Å²) in [5, 5.41) is 10.2. The lowest BCUT2D eigenvalue weighted by molar-refractivity contribution is -0.120. The number of carbonyl (C=O) groups is 1. The first-order valence-electron chi connectivity index (χ1n) is 6.95. The highest BCUT2D eigenvalue weighted by Crippen LogP contribution is 2.29. The van der Waals surface area contributed by atoms with Crippen LogP contribution in [0.2, 0.25) is 0 Å². The van der Waals surface area contributed by atoms with Gasteiger partial charge in [-0.3, -0.25) is 4.79 Å². The van der Waals surface area contributed by atoms with Gasteiger partial charge in [-0.05, 0) is 31.0 Å². The van der Waals surface area contributed by atoms with E-state index in [1.807, 2.05) is 25.1 Å². The molecular formula is C15H17N3O3. The largest absolute Gasteiger partial charge is 0.490 e. The molecule has 0 spiro atoms. The van der Waals surface area contributed by atoms with Crippen LogP contribution in [0.15, 0.2) is 22.8 Å². The number of benzene rings is 1. The van der Waals surface area contributed by atoms with E-state index < -0.39 is 0 Å². The molecule has 21 heavy (non-hydrogen) atoms. The van der Waals surface area contributed by atoms with Crippen LogP contribution < -0.4 is 10.1 Å². The summed E-state index contributed by atoms with van der Waals surface area (Å²) in [6.45, 7) is 4.17. The predicted octanol–water partition coefficient (Wildman–Crippen LogP) is 1.56. The highest BCUT2D eigenvalue weighted by atomic mass is 16.6. The highest BCUT2D eigenvalue weighted by molar-refractivity contribution is 5.78. The number of aryl methyl sites for hydroxylation is 1. The first-order chi connectivity index (χ1) is 10.1. The summed E-state index contributed by atoms with van der Waals surface area (Å²) in [6, 6.07) is 5.91. The lowest BCUT2D eigenvalue weighted by Crippen LogP contribution is -2.25. The third-order valence-electron chi connectivity index (χ3n) is 3.52. The molecule has 1 N–H and O–H groups in total. The number of nitrogens with one attached hydrogen (secondary N) is 1. The average Bonchev–Trinajstić information content (AvgIpc) is 3.00. The molecule has 110 valence electrons. The van der Waals surface area contributed by atoms with E-state index in [2.05, 4.69) is 20.3 Å². The van der Waals surface area contributed by atoms with Crippen LogP contribution in [-0.4, -0.2) is 22.3 Å².